The molecule has 0 saturated carbocycles. The van der Waals surface area contributed by atoms with Gasteiger partial charge in [-0.25, -0.2) is 0 Å². The van der Waals surface area contributed by atoms with Gasteiger partial charge in [-0.15, -0.1) is 0 Å². The second-order valence-electron chi connectivity index (χ2n) is 4.61. The lowest BCUT2D eigenvalue weighted by Gasteiger charge is -2.11. The van der Waals surface area contributed by atoms with Crippen LogP contribution < -0.4 is 5.73 Å². The Balaban J connectivity index is 1.63. The maximum Gasteiger partial charge on any atom is 0.0716 e. The van der Waals surface area contributed by atoms with Gasteiger partial charge in [-0.2, -0.15) is 0 Å². The van der Waals surface area contributed by atoms with Crippen LogP contribution in [0.15, 0.2) is 54.7 Å². The summed E-state index contributed by atoms with van der Waals surface area (Å²) >= 11 is 0. The maximum atomic E-state index is 6.07. The molecule has 0 spiro atoms. The molecule has 19 heavy (non-hydrogen) atoms. The molecule has 1 aromatic heterocycles. The van der Waals surface area contributed by atoms with E-state index in [1.807, 2.05) is 36.4 Å². The minimum atomic E-state index is 0.102. The molecule has 0 amide bonds. The number of ether oxygens (including phenoxy) is 1. The monoisotopic (exact) mass is 256 g/mol. The summed E-state index contributed by atoms with van der Waals surface area (Å²) in [6, 6.07) is 16.2. The lowest BCUT2D eigenvalue weighted by Crippen LogP contribution is -2.25. The van der Waals surface area contributed by atoms with Crippen LogP contribution in [0.4, 0.5) is 0 Å². The van der Waals surface area contributed by atoms with E-state index < -0.39 is 0 Å². The van der Waals surface area contributed by atoms with Gasteiger partial charge in [-0.1, -0.05) is 36.4 Å². The second-order valence-corrected chi connectivity index (χ2v) is 4.61. The van der Waals surface area contributed by atoms with E-state index in [1.54, 1.807) is 6.20 Å². The zero-order valence-electron chi connectivity index (χ0n) is 11.0. The third-order valence-electron chi connectivity index (χ3n) is 2.94. The van der Waals surface area contributed by atoms with Gasteiger partial charge in [0.2, 0.25) is 0 Å². The van der Waals surface area contributed by atoms with Gasteiger partial charge in [0, 0.05) is 31.0 Å². The van der Waals surface area contributed by atoms with E-state index >= 15 is 0 Å². The number of benzene rings is 1. The lowest BCUT2D eigenvalue weighted by atomic mass is 10.1. The highest BCUT2D eigenvalue weighted by molar-refractivity contribution is 5.13. The highest BCUT2D eigenvalue weighted by Crippen LogP contribution is 2.04. The molecule has 3 nitrogen and oxygen atoms in total. The summed E-state index contributed by atoms with van der Waals surface area (Å²) in [6.07, 6.45) is 3.45. The molecular weight excluding hydrogens is 236 g/mol. The van der Waals surface area contributed by atoms with Gasteiger partial charge in [-0.05, 0) is 24.1 Å². The zero-order valence-corrected chi connectivity index (χ0v) is 11.0. The Morgan fingerprint density at radius 2 is 1.84 bits per heavy atom. The van der Waals surface area contributed by atoms with Crippen LogP contribution in [0.5, 0.6) is 0 Å². The van der Waals surface area contributed by atoms with Gasteiger partial charge in [0.1, 0.15) is 0 Å². The normalized spacial score (nSPS) is 12.3. The maximum absolute atomic E-state index is 6.07. The van der Waals surface area contributed by atoms with Crippen LogP contribution >= 0.6 is 0 Å². The molecule has 0 fully saturated rings. The SMILES string of the molecule is NC(CCOCc1ccccc1)Cc1ccccn1. The van der Waals surface area contributed by atoms with Crippen molar-refractivity contribution in [2.45, 2.75) is 25.5 Å². The molecule has 0 saturated heterocycles. The van der Waals surface area contributed by atoms with Crippen LogP contribution in [-0.2, 0) is 17.8 Å². The summed E-state index contributed by atoms with van der Waals surface area (Å²) in [5.41, 5.74) is 8.30. The molecule has 0 aliphatic rings. The molecule has 1 unspecified atom stereocenters. The summed E-state index contributed by atoms with van der Waals surface area (Å²) in [6.45, 7) is 1.33. The first kappa shape index (κ1) is 13.7. The fourth-order valence-corrected chi connectivity index (χ4v) is 1.89. The number of aromatic nitrogens is 1. The zero-order chi connectivity index (χ0) is 13.3. The van der Waals surface area contributed by atoms with E-state index in [9.17, 15) is 0 Å². The van der Waals surface area contributed by atoms with E-state index in [0.717, 1.165) is 18.5 Å². The molecule has 0 aliphatic heterocycles. The third kappa shape index (κ3) is 5.20. The molecule has 1 heterocycles. The van der Waals surface area contributed by atoms with Gasteiger partial charge in [0.15, 0.2) is 0 Å². The van der Waals surface area contributed by atoms with Crippen LogP contribution in [0.1, 0.15) is 17.7 Å². The number of nitrogens with zero attached hydrogens (tertiary/aromatic N) is 1. The molecule has 2 rings (SSSR count). The molecule has 0 aliphatic carbocycles. The van der Waals surface area contributed by atoms with E-state index in [1.165, 1.54) is 5.56 Å². The minimum absolute atomic E-state index is 0.102. The van der Waals surface area contributed by atoms with Gasteiger partial charge < -0.3 is 10.5 Å². The van der Waals surface area contributed by atoms with Crippen LogP contribution in [0.25, 0.3) is 0 Å². The Morgan fingerprint density at radius 1 is 1.05 bits per heavy atom. The van der Waals surface area contributed by atoms with Crippen LogP contribution in [0.3, 0.4) is 0 Å². The first-order chi connectivity index (χ1) is 9.34. The fraction of sp³-hybridized carbons (Fsp3) is 0.312. The molecule has 100 valence electrons. The number of nitrogens with two attached hydrogens (primary N) is 1. The van der Waals surface area contributed by atoms with Gasteiger partial charge in [0.25, 0.3) is 0 Å². The number of rotatable bonds is 7. The molecular formula is C16H20N2O. The predicted molar refractivity (Wildman–Crippen MR) is 76.6 cm³/mol. The van der Waals surface area contributed by atoms with Crippen molar-refractivity contribution in [2.75, 3.05) is 6.61 Å². The fourth-order valence-electron chi connectivity index (χ4n) is 1.89. The Labute approximate surface area is 114 Å². The van der Waals surface area contributed by atoms with Crippen LogP contribution in [0.2, 0.25) is 0 Å². The van der Waals surface area contributed by atoms with Crippen molar-refractivity contribution in [1.82, 2.24) is 4.98 Å². The highest BCUT2D eigenvalue weighted by Gasteiger charge is 2.04. The molecule has 3 heteroatoms. The van der Waals surface area contributed by atoms with Crippen molar-refractivity contribution in [3.05, 3.63) is 66.0 Å². The molecule has 2 N–H and O–H groups in total. The smallest absolute Gasteiger partial charge is 0.0716 e. The van der Waals surface area contributed by atoms with Gasteiger partial charge >= 0.3 is 0 Å². The standard InChI is InChI=1S/C16H20N2O/c17-15(12-16-8-4-5-10-18-16)9-11-19-13-14-6-2-1-3-7-14/h1-8,10,15H,9,11-13,17H2. The van der Waals surface area contributed by atoms with Crippen molar-refractivity contribution in [3.8, 4) is 0 Å². The Hall–Kier alpha value is -1.71. The van der Waals surface area contributed by atoms with Crippen LogP contribution in [-0.4, -0.2) is 17.6 Å². The van der Waals surface area contributed by atoms with Crippen molar-refractivity contribution in [2.24, 2.45) is 5.73 Å². The third-order valence-corrected chi connectivity index (χ3v) is 2.94. The summed E-state index contributed by atoms with van der Waals surface area (Å²) in [5.74, 6) is 0. The quantitative estimate of drug-likeness (QED) is 0.774. The summed E-state index contributed by atoms with van der Waals surface area (Å²) in [5, 5.41) is 0. The van der Waals surface area contributed by atoms with Crippen molar-refractivity contribution >= 4 is 0 Å². The highest BCUT2D eigenvalue weighted by atomic mass is 16.5. The number of hydrogen-bond acceptors (Lipinski definition) is 3. The predicted octanol–water partition coefficient (Wildman–Crippen LogP) is 2.56. The molecule has 1 atom stereocenters. The molecule has 2 aromatic rings. The van der Waals surface area contributed by atoms with E-state index in [0.29, 0.717) is 13.2 Å². The first-order valence-electron chi connectivity index (χ1n) is 6.62. The van der Waals surface area contributed by atoms with Gasteiger partial charge in [-0.3, -0.25) is 4.98 Å². The number of pyridine rings is 1. The van der Waals surface area contributed by atoms with E-state index in [2.05, 4.69) is 17.1 Å². The summed E-state index contributed by atoms with van der Waals surface area (Å²) < 4.78 is 5.63. The largest absolute Gasteiger partial charge is 0.377 e. The van der Waals surface area contributed by atoms with Crippen molar-refractivity contribution in [3.63, 3.8) is 0 Å². The molecule has 0 radical (unpaired) electrons. The average Bonchev–Trinajstić information content (AvgIpc) is 2.46. The average molecular weight is 256 g/mol. The Bertz CT molecular complexity index is 459. The van der Waals surface area contributed by atoms with Gasteiger partial charge in [0.05, 0.1) is 6.61 Å². The Morgan fingerprint density at radius 3 is 2.58 bits per heavy atom. The molecule has 1 aromatic carbocycles. The van der Waals surface area contributed by atoms with Crippen LogP contribution in [0, 0.1) is 0 Å². The first-order valence-corrected chi connectivity index (χ1v) is 6.62. The second kappa shape index (κ2) is 7.67. The minimum Gasteiger partial charge on any atom is -0.377 e. The van der Waals surface area contributed by atoms with E-state index in [-0.39, 0.29) is 6.04 Å². The number of hydrogen-bond donors (Lipinski definition) is 1. The molecule has 0 bridgehead atoms. The lowest BCUT2D eigenvalue weighted by molar-refractivity contribution is 0.114. The van der Waals surface area contributed by atoms with Crippen molar-refractivity contribution < 1.29 is 4.74 Å². The summed E-state index contributed by atoms with van der Waals surface area (Å²) in [4.78, 5) is 4.27. The van der Waals surface area contributed by atoms with Crippen molar-refractivity contribution in [1.29, 1.82) is 0 Å². The van der Waals surface area contributed by atoms with E-state index in [4.69, 9.17) is 10.5 Å². The Kier molecular flexibility index (Phi) is 5.53. The summed E-state index contributed by atoms with van der Waals surface area (Å²) in [7, 11) is 0. The topological polar surface area (TPSA) is 48.1 Å².